The zero-order valence-corrected chi connectivity index (χ0v) is 15.1. The summed E-state index contributed by atoms with van der Waals surface area (Å²) >= 11 is 1.60. The number of aromatic nitrogens is 4. The highest BCUT2D eigenvalue weighted by Gasteiger charge is 2.18. The molecule has 7 heteroatoms. The van der Waals surface area contributed by atoms with Gasteiger partial charge in [0.05, 0.1) is 24.2 Å². The van der Waals surface area contributed by atoms with E-state index >= 15 is 0 Å². The lowest BCUT2D eigenvalue weighted by Gasteiger charge is -2.07. The Bertz CT molecular complexity index is 1180. The Hall–Kier alpha value is -3.45. The van der Waals surface area contributed by atoms with Gasteiger partial charge in [0, 0.05) is 23.3 Å². The van der Waals surface area contributed by atoms with Crippen molar-refractivity contribution >= 4 is 22.2 Å². The Morgan fingerprint density at radius 3 is 2.81 bits per heavy atom. The van der Waals surface area contributed by atoms with Crippen LogP contribution in [0.25, 0.3) is 27.6 Å². The van der Waals surface area contributed by atoms with Crippen molar-refractivity contribution in [3.63, 3.8) is 0 Å². The fourth-order valence-corrected chi connectivity index (χ4v) is 3.70. The molecule has 0 fully saturated rings. The SMILES string of the molecule is c1ccc(-c2nc3sccn3c2-c2ccnc(NCc3ccco3)n2)cc1. The molecule has 0 aliphatic rings. The van der Waals surface area contributed by atoms with Crippen molar-refractivity contribution in [1.29, 1.82) is 0 Å². The molecule has 1 N–H and O–H groups in total. The number of hydrogen-bond donors (Lipinski definition) is 1. The van der Waals surface area contributed by atoms with Gasteiger partial charge in [-0.05, 0) is 18.2 Å². The highest BCUT2D eigenvalue weighted by atomic mass is 32.1. The van der Waals surface area contributed by atoms with Crippen LogP contribution in [-0.2, 0) is 6.54 Å². The molecule has 0 saturated carbocycles. The van der Waals surface area contributed by atoms with Gasteiger partial charge in [-0.1, -0.05) is 30.3 Å². The van der Waals surface area contributed by atoms with Crippen molar-refractivity contribution in [2.24, 2.45) is 0 Å². The lowest BCUT2D eigenvalue weighted by molar-refractivity contribution is 0.517. The van der Waals surface area contributed by atoms with Crippen molar-refractivity contribution in [3.05, 3.63) is 78.3 Å². The summed E-state index contributed by atoms with van der Waals surface area (Å²) < 4.78 is 7.43. The molecule has 0 amide bonds. The van der Waals surface area contributed by atoms with Gasteiger partial charge in [-0.2, -0.15) is 0 Å². The van der Waals surface area contributed by atoms with Crippen molar-refractivity contribution in [2.75, 3.05) is 5.32 Å². The quantitative estimate of drug-likeness (QED) is 0.483. The van der Waals surface area contributed by atoms with E-state index in [0.717, 1.165) is 33.4 Å². The predicted molar refractivity (Wildman–Crippen MR) is 106 cm³/mol. The molecule has 0 spiro atoms. The highest BCUT2D eigenvalue weighted by molar-refractivity contribution is 7.15. The van der Waals surface area contributed by atoms with Gasteiger partial charge in [0.2, 0.25) is 5.95 Å². The molecular weight excluding hydrogens is 358 g/mol. The molecule has 5 rings (SSSR count). The second-order valence-corrected chi connectivity index (χ2v) is 6.80. The molecule has 0 aliphatic heterocycles. The predicted octanol–water partition coefficient (Wildman–Crippen LogP) is 4.72. The summed E-state index contributed by atoms with van der Waals surface area (Å²) in [7, 11) is 0. The summed E-state index contributed by atoms with van der Waals surface area (Å²) in [5.41, 5.74) is 3.75. The minimum atomic E-state index is 0.530. The molecular formula is C20H15N5OS. The van der Waals surface area contributed by atoms with Gasteiger partial charge in [0.15, 0.2) is 4.96 Å². The molecule has 27 heavy (non-hydrogen) atoms. The molecule has 132 valence electrons. The van der Waals surface area contributed by atoms with Crippen LogP contribution in [0.5, 0.6) is 0 Å². The Kier molecular flexibility index (Phi) is 3.91. The first-order chi connectivity index (χ1) is 13.4. The molecule has 4 heterocycles. The monoisotopic (exact) mass is 373 g/mol. The number of hydrogen-bond acceptors (Lipinski definition) is 6. The number of imidazole rings is 1. The Morgan fingerprint density at radius 1 is 1.04 bits per heavy atom. The van der Waals surface area contributed by atoms with E-state index in [4.69, 9.17) is 14.4 Å². The van der Waals surface area contributed by atoms with Gasteiger partial charge in [-0.25, -0.2) is 15.0 Å². The first kappa shape index (κ1) is 15.8. The standard InChI is InChI=1S/C20H15N5OS/c1-2-5-14(6-3-1)17-18(25-10-12-27-20(25)24-17)16-8-9-21-19(23-16)22-13-15-7-4-11-26-15/h1-12H,13H2,(H,21,22,23). The number of fused-ring (bicyclic) bond motifs is 1. The van der Waals surface area contributed by atoms with Gasteiger partial charge in [-0.3, -0.25) is 4.40 Å². The summed E-state index contributed by atoms with van der Waals surface area (Å²) in [6.45, 7) is 0.530. The Labute approximate surface area is 159 Å². The average Bonchev–Trinajstić information content (AvgIpc) is 3.44. The van der Waals surface area contributed by atoms with Gasteiger partial charge in [-0.15, -0.1) is 11.3 Å². The van der Waals surface area contributed by atoms with E-state index in [2.05, 4.69) is 26.8 Å². The van der Waals surface area contributed by atoms with Gasteiger partial charge >= 0.3 is 0 Å². The van der Waals surface area contributed by atoms with Gasteiger partial charge < -0.3 is 9.73 Å². The molecule has 0 radical (unpaired) electrons. The topological polar surface area (TPSA) is 68.2 Å². The smallest absolute Gasteiger partial charge is 0.223 e. The molecule has 0 atom stereocenters. The first-order valence-corrected chi connectivity index (χ1v) is 9.37. The summed E-state index contributed by atoms with van der Waals surface area (Å²) in [5.74, 6) is 1.38. The molecule has 1 aromatic carbocycles. The normalized spacial score (nSPS) is 11.1. The summed E-state index contributed by atoms with van der Waals surface area (Å²) in [4.78, 5) is 14.8. The number of benzene rings is 1. The van der Waals surface area contributed by atoms with E-state index in [0.29, 0.717) is 12.5 Å². The maximum absolute atomic E-state index is 5.35. The van der Waals surface area contributed by atoms with Gasteiger partial charge in [0.25, 0.3) is 0 Å². The minimum absolute atomic E-state index is 0.530. The number of furan rings is 1. The second kappa shape index (κ2) is 6.69. The van der Waals surface area contributed by atoms with Crippen LogP contribution in [0.2, 0.25) is 0 Å². The van der Waals surface area contributed by atoms with Crippen LogP contribution < -0.4 is 5.32 Å². The lowest BCUT2D eigenvalue weighted by atomic mass is 10.1. The number of thiazole rings is 1. The number of nitrogens with zero attached hydrogens (tertiary/aromatic N) is 4. The van der Waals surface area contributed by atoms with Crippen LogP contribution >= 0.6 is 11.3 Å². The van der Waals surface area contributed by atoms with Crippen LogP contribution in [0.3, 0.4) is 0 Å². The fourth-order valence-electron chi connectivity index (χ4n) is 2.98. The van der Waals surface area contributed by atoms with E-state index in [-0.39, 0.29) is 0 Å². The van der Waals surface area contributed by atoms with E-state index in [1.54, 1.807) is 23.8 Å². The van der Waals surface area contributed by atoms with E-state index < -0.39 is 0 Å². The van der Waals surface area contributed by atoms with Crippen LogP contribution in [0.15, 0.2) is 77.0 Å². The third kappa shape index (κ3) is 2.98. The summed E-state index contributed by atoms with van der Waals surface area (Å²) in [6, 6.07) is 15.8. The molecule has 0 bridgehead atoms. The minimum Gasteiger partial charge on any atom is -0.467 e. The van der Waals surface area contributed by atoms with Crippen LogP contribution in [-0.4, -0.2) is 19.4 Å². The third-order valence-corrected chi connectivity index (χ3v) is 4.96. The largest absolute Gasteiger partial charge is 0.467 e. The third-order valence-electron chi connectivity index (χ3n) is 4.21. The van der Waals surface area contributed by atoms with Crippen molar-refractivity contribution in [1.82, 2.24) is 19.4 Å². The van der Waals surface area contributed by atoms with Crippen molar-refractivity contribution in [3.8, 4) is 22.6 Å². The fraction of sp³-hybridized carbons (Fsp3) is 0.0500. The first-order valence-electron chi connectivity index (χ1n) is 8.49. The molecule has 0 saturated heterocycles. The van der Waals surface area contributed by atoms with Crippen molar-refractivity contribution in [2.45, 2.75) is 6.54 Å². The van der Waals surface area contributed by atoms with E-state index in [1.807, 2.05) is 48.0 Å². The summed E-state index contributed by atoms with van der Waals surface area (Å²) in [6.07, 6.45) is 5.43. The van der Waals surface area contributed by atoms with Crippen LogP contribution in [0, 0.1) is 0 Å². The molecule has 0 aliphatic carbocycles. The van der Waals surface area contributed by atoms with E-state index in [1.165, 1.54) is 0 Å². The Morgan fingerprint density at radius 2 is 1.96 bits per heavy atom. The number of rotatable bonds is 5. The van der Waals surface area contributed by atoms with Crippen LogP contribution in [0.4, 0.5) is 5.95 Å². The molecule has 6 nitrogen and oxygen atoms in total. The number of anilines is 1. The number of nitrogens with one attached hydrogen (secondary N) is 1. The lowest BCUT2D eigenvalue weighted by Crippen LogP contribution is -2.03. The van der Waals surface area contributed by atoms with Crippen molar-refractivity contribution < 1.29 is 4.42 Å². The second-order valence-electron chi connectivity index (χ2n) is 5.93. The molecule has 5 aromatic rings. The van der Waals surface area contributed by atoms with Crippen LogP contribution in [0.1, 0.15) is 5.76 Å². The molecule has 0 unspecified atom stereocenters. The zero-order chi connectivity index (χ0) is 18.1. The summed E-state index contributed by atoms with van der Waals surface area (Å²) in [5, 5.41) is 5.23. The Balaban J connectivity index is 1.57. The maximum Gasteiger partial charge on any atom is 0.223 e. The molecule has 4 aromatic heterocycles. The maximum atomic E-state index is 5.35. The highest BCUT2D eigenvalue weighted by Crippen LogP contribution is 2.33. The zero-order valence-electron chi connectivity index (χ0n) is 14.2. The average molecular weight is 373 g/mol. The van der Waals surface area contributed by atoms with Gasteiger partial charge in [0.1, 0.15) is 11.5 Å². The van der Waals surface area contributed by atoms with E-state index in [9.17, 15) is 0 Å².